The molecule has 0 saturated heterocycles. The van der Waals surface area contributed by atoms with Crippen molar-refractivity contribution in [3.8, 4) is 5.75 Å². The van der Waals surface area contributed by atoms with Gasteiger partial charge < -0.3 is 10.5 Å². The number of nitrogens with two attached hydrogens (primary N) is 1. The first-order valence-corrected chi connectivity index (χ1v) is 6.05. The number of benzene rings is 2. The van der Waals surface area contributed by atoms with E-state index in [4.69, 9.17) is 10.5 Å². The molecule has 0 fully saturated rings. The number of rotatable bonds is 4. The largest absolute Gasteiger partial charge is 0.494 e. The molecule has 2 rings (SSSR count). The topological polar surface area (TPSA) is 35.2 Å². The molecule has 1 unspecified atom stereocenters. The fourth-order valence-corrected chi connectivity index (χ4v) is 1.94. The van der Waals surface area contributed by atoms with E-state index in [0.29, 0.717) is 17.9 Å². The molecule has 2 N–H and O–H groups in total. The van der Waals surface area contributed by atoms with E-state index in [1.165, 1.54) is 18.2 Å². The van der Waals surface area contributed by atoms with Crippen molar-refractivity contribution in [3.63, 3.8) is 0 Å². The summed E-state index contributed by atoms with van der Waals surface area (Å²) in [6.07, 6.45) is 0. The maximum atomic E-state index is 13.7. The van der Waals surface area contributed by atoms with Crippen molar-refractivity contribution in [3.05, 3.63) is 65.2 Å². The van der Waals surface area contributed by atoms with E-state index in [1.807, 2.05) is 6.92 Å². The summed E-state index contributed by atoms with van der Waals surface area (Å²) >= 11 is 0. The Bertz CT molecular complexity index is 552. The summed E-state index contributed by atoms with van der Waals surface area (Å²) in [6.45, 7) is 2.38. The van der Waals surface area contributed by atoms with E-state index in [1.54, 1.807) is 24.3 Å². The Kier molecular flexibility index (Phi) is 4.12. The molecule has 2 nitrogen and oxygen atoms in total. The Balaban J connectivity index is 2.38. The Morgan fingerprint density at radius 2 is 1.74 bits per heavy atom. The third kappa shape index (κ3) is 2.90. The lowest BCUT2D eigenvalue weighted by Crippen LogP contribution is -2.15. The van der Waals surface area contributed by atoms with Crippen LogP contribution in [0.4, 0.5) is 8.78 Å². The van der Waals surface area contributed by atoms with Gasteiger partial charge in [-0.25, -0.2) is 8.78 Å². The molecule has 0 spiro atoms. The maximum Gasteiger partial charge on any atom is 0.131 e. The average Bonchev–Trinajstić information content (AvgIpc) is 2.39. The van der Waals surface area contributed by atoms with Crippen molar-refractivity contribution in [2.45, 2.75) is 13.0 Å². The maximum absolute atomic E-state index is 13.7. The molecule has 2 aromatic carbocycles. The summed E-state index contributed by atoms with van der Waals surface area (Å²) in [7, 11) is 0. The van der Waals surface area contributed by atoms with Crippen LogP contribution in [-0.4, -0.2) is 6.61 Å². The van der Waals surface area contributed by atoms with E-state index >= 15 is 0 Å². The molecule has 0 aliphatic rings. The predicted molar refractivity (Wildman–Crippen MR) is 70.0 cm³/mol. The van der Waals surface area contributed by atoms with Crippen molar-refractivity contribution in [2.24, 2.45) is 5.73 Å². The zero-order chi connectivity index (χ0) is 13.8. The van der Waals surface area contributed by atoms with Gasteiger partial charge in [0.2, 0.25) is 0 Å². The number of hydrogen-bond donors (Lipinski definition) is 1. The fourth-order valence-electron chi connectivity index (χ4n) is 1.94. The molecule has 0 amide bonds. The Morgan fingerprint density at radius 1 is 1.11 bits per heavy atom. The van der Waals surface area contributed by atoms with Crippen molar-refractivity contribution in [1.29, 1.82) is 0 Å². The number of halogens is 2. The van der Waals surface area contributed by atoms with Gasteiger partial charge in [-0.05, 0) is 36.8 Å². The predicted octanol–water partition coefficient (Wildman–Crippen LogP) is 3.41. The molecular formula is C15H15F2NO. The Labute approximate surface area is 110 Å². The monoisotopic (exact) mass is 263 g/mol. The SMILES string of the molecule is CCOc1cccc(C(N)c2c(F)cccc2F)c1. The number of ether oxygens (including phenoxy) is 1. The molecule has 0 aliphatic heterocycles. The highest BCUT2D eigenvalue weighted by Crippen LogP contribution is 2.27. The fraction of sp³-hybridized carbons (Fsp3) is 0.200. The second-order valence-corrected chi connectivity index (χ2v) is 4.12. The molecule has 0 heterocycles. The van der Waals surface area contributed by atoms with Crippen LogP contribution in [0.1, 0.15) is 24.1 Å². The molecule has 0 aliphatic carbocycles. The lowest BCUT2D eigenvalue weighted by atomic mass is 9.98. The van der Waals surface area contributed by atoms with Gasteiger partial charge in [-0.3, -0.25) is 0 Å². The quantitative estimate of drug-likeness (QED) is 0.917. The van der Waals surface area contributed by atoms with Gasteiger partial charge in [0.1, 0.15) is 17.4 Å². The number of hydrogen-bond acceptors (Lipinski definition) is 2. The molecule has 19 heavy (non-hydrogen) atoms. The highest BCUT2D eigenvalue weighted by molar-refractivity contribution is 5.37. The lowest BCUT2D eigenvalue weighted by molar-refractivity contribution is 0.339. The van der Waals surface area contributed by atoms with Crippen LogP contribution in [-0.2, 0) is 0 Å². The molecule has 0 aromatic heterocycles. The van der Waals surface area contributed by atoms with Crippen molar-refractivity contribution in [1.82, 2.24) is 0 Å². The van der Waals surface area contributed by atoms with Gasteiger partial charge >= 0.3 is 0 Å². The highest BCUT2D eigenvalue weighted by atomic mass is 19.1. The highest BCUT2D eigenvalue weighted by Gasteiger charge is 2.18. The third-order valence-corrected chi connectivity index (χ3v) is 2.84. The third-order valence-electron chi connectivity index (χ3n) is 2.84. The first kappa shape index (κ1) is 13.5. The molecular weight excluding hydrogens is 248 g/mol. The lowest BCUT2D eigenvalue weighted by Gasteiger charge is -2.15. The average molecular weight is 263 g/mol. The molecule has 4 heteroatoms. The molecule has 1 atom stereocenters. The minimum atomic E-state index is -0.860. The Hall–Kier alpha value is -1.94. The van der Waals surface area contributed by atoms with Crippen LogP contribution in [0.3, 0.4) is 0 Å². The van der Waals surface area contributed by atoms with Gasteiger partial charge in [-0.2, -0.15) is 0 Å². The zero-order valence-corrected chi connectivity index (χ0v) is 10.6. The zero-order valence-electron chi connectivity index (χ0n) is 10.6. The van der Waals surface area contributed by atoms with Crippen molar-refractivity contribution in [2.75, 3.05) is 6.61 Å². The van der Waals surface area contributed by atoms with Gasteiger partial charge in [0.25, 0.3) is 0 Å². The molecule has 100 valence electrons. The summed E-state index contributed by atoms with van der Waals surface area (Å²) in [5.74, 6) is -0.657. The van der Waals surface area contributed by atoms with Crippen molar-refractivity contribution < 1.29 is 13.5 Å². The summed E-state index contributed by atoms with van der Waals surface area (Å²) < 4.78 is 32.7. The minimum Gasteiger partial charge on any atom is -0.494 e. The van der Waals surface area contributed by atoms with E-state index in [0.717, 1.165) is 0 Å². The second-order valence-electron chi connectivity index (χ2n) is 4.12. The Morgan fingerprint density at radius 3 is 2.37 bits per heavy atom. The van der Waals surface area contributed by atoms with Crippen LogP contribution >= 0.6 is 0 Å². The standard InChI is InChI=1S/C15H15F2NO/c1-2-19-11-6-3-5-10(9-11)15(18)14-12(16)7-4-8-13(14)17/h3-9,15H,2,18H2,1H3. The molecule has 2 aromatic rings. The van der Waals surface area contributed by atoms with E-state index in [2.05, 4.69) is 0 Å². The van der Waals surface area contributed by atoms with Gasteiger partial charge in [0, 0.05) is 5.56 Å². The smallest absolute Gasteiger partial charge is 0.131 e. The van der Waals surface area contributed by atoms with Crippen LogP contribution < -0.4 is 10.5 Å². The van der Waals surface area contributed by atoms with Crippen LogP contribution in [0, 0.1) is 11.6 Å². The van der Waals surface area contributed by atoms with Crippen LogP contribution in [0.2, 0.25) is 0 Å². The summed E-state index contributed by atoms with van der Waals surface area (Å²) in [4.78, 5) is 0. The summed E-state index contributed by atoms with van der Waals surface area (Å²) in [5, 5.41) is 0. The second kappa shape index (κ2) is 5.80. The van der Waals surface area contributed by atoms with Crippen LogP contribution in [0.25, 0.3) is 0 Å². The normalized spacial score (nSPS) is 12.2. The van der Waals surface area contributed by atoms with E-state index in [-0.39, 0.29) is 5.56 Å². The molecule has 0 bridgehead atoms. The first-order chi connectivity index (χ1) is 9.13. The van der Waals surface area contributed by atoms with Gasteiger partial charge in [-0.15, -0.1) is 0 Å². The van der Waals surface area contributed by atoms with Gasteiger partial charge in [-0.1, -0.05) is 18.2 Å². The van der Waals surface area contributed by atoms with Gasteiger partial charge in [0.05, 0.1) is 12.6 Å². The minimum absolute atomic E-state index is 0.129. The van der Waals surface area contributed by atoms with E-state index in [9.17, 15) is 8.78 Å². The van der Waals surface area contributed by atoms with Crippen LogP contribution in [0.5, 0.6) is 5.75 Å². The van der Waals surface area contributed by atoms with E-state index < -0.39 is 17.7 Å². The summed E-state index contributed by atoms with van der Waals surface area (Å²) in [5.41, 5.74) is 6.43. The van der Waals surface area contributed by atoms with Crippen molar-refractivity contribution >= 4 is 0 Å². The first-order valence-electron chi connectivity index (χ1n) is 6.05. The summed E-state index contributed by atoms with van der Waals surface area (Å²) in [6, 6.07) is 9.80. The molecule has 0 saturated carbocycles. The molecule has 0 radical (unpaired) electrons. The van der Waals surface area contributed by atoms with Crippen LogP contribution in [0.15, 0.2) is 42.5 Å². The van der Waals surface area contributed by atoms with Gasteiger partial charge in [0.15, 0.2) is 0 Å².